The molecule has 4 rings (SSSR count). The molecule has 0 bridgehead atoms. The van der Waals surface area contributed by atoms with Crippen LogP contribution in [0.15, 0.2) is 43.0 Å². The van der Waals surface area contributed by atoms with Gasteiger partial charge >= 0.3 is 6.18 Å². The zero-order valence-corrected chi connectivity index (χ0v) is 14.7. The smallest absolute Gasteiger partial charge is 0.390 e. The molecule has 4 aromatic rings. The van der Waals surface area contributed by atoms with Crippen LogP contribution in [0.4, 0.5) is 19.1 Å². The summed E-state index contributed by atoms with van der Waals surface area (Å²) in [5.74, 6) is 0.607. The molecule has 0 aliphatic heterocycles. The lowest BCUT2D eigenvalue weighted by molar-refractivity contribution is -0.131. The van der Waals surface area contributed by atoms with E-state index in [1.54, 1.807) is 24.0 Å². The predicted octanol–water partition coefficient (Wildman–Crippen LogP) is 3.71. The lowest BCUT2D eigenvalue weighted by Gasteiger charge is -2.08. The molecule has 0 unspecified atom stereocenters. The van der Waals surface area contributed by atoms with Gasteiger partial charge in [-0.25, -0.2) is 19.5 Å². The second-order valence-electron chi connectivity index (χ2n) is 6.05. The Balaban J connectivity index is 1.65. The van der Waals surface area contributed by atoms with Gasteiger partial charge in [0.2, 0.25) is 11.8 Å². The summed E-state index contributed by atoms with van der Waals surface area (Å²) in [5, 5.41) is 7.57. The molecule has 1 aromatic carbocycles. The Labute approximate surface area is 157 Å². The number of ether oxygens (including phenoxy) is 1. The van der Waals surface area contributed by atoms with Crippen molar-refractivity contribution < 1.29 is 17.9 Å². The Bertz CT molecular complexity index is 1140. The highest BCUT2D eigenvalue weighted by atomic mass is 19.4. The van der Waals surface area contributed by atoms with Crippen LogP contribution in [0.25, 0.3) is 27.5 Å². The molecule has 1 N–H and O–H groups in total. The number of rotatable bonds is 5. The molecule has 0 saturated heterocycles. The van der Waals surface area contributed by atoms with Gasteiger partial charge in [0, 0.05) is 18.3 Å². The van der Waals surface area contributed by atoms with Crippen molar-refractivity contribution in [3.8, 4) is 17.0 Å². The van der Waals surface area contributed by atoms with Crippen LogP contribution >= 0.6 is 0 Å². The number of alkyl halides is 3. The van der Waals surface area contributed by atoms with E-state index < -0.39 is 12.6 Å². The van der Waals surface area contributed by atoms with Crippen molar-refractivity contribution in [1.29, 1.82) is 0 Å². The quantitative estimate of drug-likeness (QED) is 0.562. The second-order valence-corrected chi connectivity index (χ2v) is 6.05. The van der Waals surface area contributed by atoms with Gasteiger partial charge in [-0.2, -0.15) is 13.2 Å². The molecule has 10 heteroatoms. The molecule has 144 valence electrons. The molecular weight excluding hydrogens is 373 g/mol. The van der Waals surface area contributed by atoms with Crippen LogP contribution in [0.3, 0.4) is 0 Å². The molecule has 0 radical (unpaired) electrons. The molecule has 28 heavy (non-hydrogen) atoms. The standard InChI is InChI=1S/C18H15F3N6O/c1-28-16-13-8-11(2-3-14(13)24-10-25-16)12-4-7-27-15(12)9-23-17(26-27)22-6-5-18(19,20)21/h2-4,7-10H,5-6H2,1H3,(H,22,26). The van der Waals surface area contributed by atoms with Crippen molar-refractivity contribution in [2.75, 3.05) is 19.0 Å². The maximum absolute atomic E-state index is 12.3. The van der Waals surface area contributed by atoms with Gasteiger partial charge in [0.25, 0.3) is 0 Å². The van der Waals surface area contributed by atoms with Gasteiger partial charge in [0.1, 0.15) is 6.33 Å². The largest absolute Gasteiger partial charge is 0.480 e. The van der Waals surface area contributed by atoms with Crippen molar-refractivity contribution in [2.45, 2.75) is 12.6 Å². The van der Waals surface area contributed by atoms with E-state index in [1.807, 2.05) is 24.3 Å². The van der Waals surface area contributed by atoms with E-state index in [9.17, 15) is 13.2 Å². The first kappa shape index (κ1) is 18.0. The maximum atomic E-state index is 12.3. The SMILES string of the molecule is COc1ncnc2ccc(-c3ccn4nc(NCCC(F)(F)F)ncc34)cc12. The van der Waals surface area contributed by atoms with Crippen LogP contribution in [-0.2, 0) is 0 Å². The minimum atomic E-state index is -4.22. The van der Waals surface area contributed by atoms with E-state index >= 15 is 0 Å². The molecule has 0 atom stereocenters. The third-order valence-electron chi connectivity index (χ3n) is 4.21. The fourth-order valence-corrected chi connectivity index (χ4v) is 2.90. The Morgan fingerprint density at radius 2 is 2.00 bits per heavy atom. The molecule has 3 aromatic heterocycles. The second kappa shape index (κ2) is 6.95. The van der Waals surface area contributed by atoms with Crippen LogP contribution in [0.5, 0.6) is 5.88 Å². The van der Waals surface area contributed by atoms with Crippen LogP contribution in [0.2, 0.25) is 0 Å². The fraction of sp³-hybridized carbons (Fsp3) is 0.222. The van der Waals surface area contributed by atoms with Crippen LogP contribution < -0.4 is 10.1 Å². The number of aromatic nitrogens is 5. The molecule has 0 amide bonds. The summed E-state index contributed by atoms with van der Waals surface area (Å²) in [7, 11) is 1.55. The Morgan fingerprint density at radius 3 is 2.79 bits per heavy atom. The van der Waals surface area contributed by atoms with Gasteiger partial charge < -0.3 is 10.1 Å². The molecule has 0 aliphatic carbocycles. The van der Waals surface area contributed by atoms with E-state index in [4.69, 9.17) is 4.74 Å². The van der Waals surface area contributed by atoms with Crippen molar-refractivity contribution in [2.24, 2.45) is 0 Å². The lowest BCUT2D eigenvalue weighted by atomic mass is 10.1. The van der Waals surface area contributed by atoms with Gasteiger partial charge in [-0.1, -0.05) is 6.07 Å². The normalized spacial score (nSPS) is 11.9. The van der Waals surface area contributed by atoms with Gasteiger partial charge in [-0.3, -0.25) is 0 Å². The highest BCUT2D eigenvalue weighted by molar-refractivity contribution is 5.91. The van der Waals surface area contributed by atoms with Crippen molar-refractivity contribution in [3.63, 3.8) is 0 Å². The average Bonchev–Trinajstić information content (AvgIpc) is 3.09. The molecule has 0 saturated carbocycles. The van der Waals surface area contributed by atoms with E-state index in [1.165, 1.54) is 6.33 Å². The predicted molar refractivity (Wildman–Crippen MR) is 97.2 cm³/mol. The third-order valence-corrected chi connectivity index (χ3v) is 4.21. The Hall–Kier alpha value is -3.43. The van der Waals surface area contributed by atoms with Crippen molar-refractivity contribution in [1.82, 2.24) is 24.6 Å². The lowest BCUT2D eigenvalue weighted by Crippen LogP contribution is -2.16. The number of nitrogens with zero attached hydrogens (tertiary/aromatic N) is 5. The molecule has 0 fully saturated rings. The zero-order valence-electron chi connectivity index (χ0n) is 14.7. The van der Waals surface area contributed by atoms with Gasteiger partial charge in [-0.15, -0.1) is 5.10 Å². The number of anilines is 1. The number of fused-ring (bicyclic) bond motifs is 2. The first-order valence-corrected chi connectivity index (χ1v) is 8.39. The summed E-state index contributed by atoms with van der Waals surface area (Å²) in [6, 6.07) is 7.56. The first-order valence-electron chi connectivity index (χ1n) is 8.39. The first-order chi connectivity index (χ1) is 13.4. The number of benzene rings is 1. The maximum Gasteiger partial charge on any atom is 0.390 e. The molecule has 3 heterocycles. The number of methoxy groups -OCH3 is 1. The fourth-order valence-electron chi connectivity index (χ4n) is 2.90. The summed E-state index contributed by atoms with van der Waals surface area (Å²) in [6.45, 7) is -0.284. The molecule has 7 nitrogen and oxygen atoms in total. The monoisotopic (exact) mass is 388 g/mol. The molecular formula is C18H15F3N6O. The summed E-state index contributed by atoms with van der Waals surface area (Å²) in [4.78, 5) is 12.5. The summed E-state index contributed by atoms with van der Waals surface area (Å²) >= 11 is 0. The van der Waals surface area contributed by atoms with Crippen molar-refractivity contribution in [3.05, 3.63) is 43.0 Å². The highest BCUT2D eigenvalue weighted by Gasteiger charge is 2.26. The number of hydrogen-bond donors (Lipinski definition) is 1. The minimum Gasteiger partial charge on any atom is -0.480 e. The topological polar surface area (TPSA) is 77.2 Å². The molecule has 0 aliphatic rings. The zero-order chi connectivity index (χ0) is 19.7. The minimum absolute atomic E-state index is 0.132. The average molecular weight is 388 g/mol. The van der Waals surface area contributed by atoms with E-state index in [0.29, 0.717) is 5.88 Å². The van der Waals surface area contributed by atoms with E-state index in [0.717, 1.165) is 27.5 Å². The van der Waals surface area contributed by atoms with Gasteiger partial charge in [0.15, 0.2) is 0 Å². The number of hydrogen-bond acceptors (Lipinski definition) is 6. The third kappa shape index (κ3) is 3.53. The summed E-state index contributed by atoms with van der Waals surface area (Å²) in [6.07, 6.45) is -0.438. The summed E-state index contributed by atoms with van der Waals surface area (Å²) in [5.41, 5.74) is 3.24. The number of nitrogens with one attached hydrogen (secondary N) is 1. The van der Waals surface area contributed by atoms with E-state index in [2.05, 4.69) is 25.4 Å². The molecule has 0 spiro atoms. The number of halogens is 3. The van der Waals surface area contributed by atoms with Gasteiger partial charge in [0.05, 0.1) is 36.1 Å². The van der Waals surface area contributed by atoms with Crippen LogP contribution in [-0.4, -0.2) is 44.4 Å². The summed E-state index contributed by atoms with van der Waals surface area (Å²) < 4.78 is 43.7. The van der Waals surface area contributed by atoms with E-state index in [-0.39, 0.29) is 12.5 Å². The van der Waals surface area contributed by atoms with Gasteiger partial charge in [-0.05, 0) is 23.8 Å². The van der Waals surface area contributed by atoms with Crippen LogP contribution in [0.1, 0.15) is 6.42 Å². The Kier molecular flexibility index (Phi) is 4.46. The van der Waals surface area contributed by atoms with Crippen LogP contribution in [0, 0.1) is 0 Å². The highest BCUT2D eigenvalue weighted by Crippen LogP contribution is 2.30. The van der Waals surface area contributed by atoms with Crippen molar-refractivity contribution >= 4 is 22.4 Å². The Morgan fingerprint density at radius 1 is 1.14 bits per heavy atom.